The van der Waals surface area contributed by atoms with Crippen LogP contribution < -0.4 is 5.30 Å². The normalized spacial score (nSPS) is 20.7. The van der Waals surface area contributed by atoms with Crippen molar-refractivity contribution in [1.29, 1.82) is 5.26 Å². The predicted molar refractivity (Wildman–Crippen MR) is 116 cm³/mol. The predicted octanol–water partition coefficient (Wildman–Crippen LogP) is 3.17. The standard InChI is InChI=1S/C22H24N5OP/c1-13-6-16(8-18(29)7-13)20-4-5-24-27(20)22(28)19-9-17(15(19)3)12-26-21(10-23)14(2)11-25-26/h5-8,11,19-20H,4,9,12,29H2,1-3H3. The first-order chi connectivity index (χ1) is 13.9. The average Bonchev–Trinajstić information content (AvgIpc) is 3.30. The van der Waals surface area contributed by atoms with Crippen LogP contribution in [0.2, 0.25) is 0 Å². The van der Waals surface area contributed by atoms with Crippen LogP contribution in [0.25, 0.3) is 0 Å². The van der Waals surface area contributed by atoms with Gasteiger partial charge in [-0.15, -0.1) is 9.24 Å². The van der Waals surface area contributed by atoms with Crippen molar-refractivity contribution in [3.05, 3.63) is 57.9 Å². The molecule has 2 heterocycles. The number of amides is 1. The molecule has 1 aromatic carbocycles. The molecule has 0 fully saturated rings. The Hall–Kier alpha value is -2.77. The lowest BCUT2D eigenvalue weighted by molar-refractivity contribution is -0.136. The minimum atomic E-state index is -0.148. The molecule has 7 heteroatoms. The molecule has 1 amide bonds. The summed E-state index contributed by atoms with van der Waals surface area (Å²) in [6.07, 6.45) is 4.97. The highest BCUT2D eigenvalue weighted by atomic mass is 31.0. The summed E-state index contributed by atoms with van der Waals surface area (Å²) in [7, 11) is 2.73. The Bertz CT molecular complexity index is 1070. The molecule has 0 bridgehead atoms. The van der Waals surface area contributed by atoms with E-state index in [1.807, 2.05) is 20.1 Å². The second-order valence-corrected chi connectivity index (χ2v) is 8.56. The molecule has 1 aromatic heterocycles. The lowest BCUT2D eigenvalue weighted by Gasteiger charge is -2.34. The Morgan fingerprint density at radius 3 is 2.79 bits per heavy atom. The van der Waals surface area contributed by atoms with Crippen LogP contribution in [0, 0.1) is 31.1 Å². The summed E-state index contributed by atoms with van der Waals surface area (Å²) < 4.78 is 1.72. The lowest BCUT2D eigenvalue weighted by Crippen LogP contribution is -2.38. The number of hydrogen-bond donors (Lipinski definition) is 0. The van der Waals surface area contributed by atoms with E-state index < -0.39 is 0 Å². The van der Waals surface area contributed by atoms with Crippen LogP contribution in [0.5, 0.6) is 0 Å². The van der Waals surface area contributed by atoms with E-state index in [0.29, 0.717) is 18.7 Å². The summed E-state index contributed by atoms with van der Waals surface area (Å²) in [6, 6.07) is 8.50. The lowest BCUT2D eigenvalue weighted by atomic mass is 9.77. The van der Waals surface area contributed by atoms with Gasteiger partial charge in [-0.3, -0.25) is 9.48 Å². The maximum atomic E-state index is 13.2. The summed E-state index contributed by atoms with van der Waals surface area (Å²) in [6.45, 7) is 6.52. The maximum absolute atomic E-state index is 13.2. The molecule has 6 nitrogen and oxygen atoms in total. The molecule has 4 rings (SSSR count). The van der Waals surface area contributed by atoms with E-state index in [1.165, 1.54) is 11.1 Å². The molecule has 0 saturated carbocycles. The summed E-state index contributed by atoms with van der Waals surface area (Å²) in [5, 5.41) is 20.8. The molecule has 2 aliphatic rings. The molecular formula is C22H24N5OP. The second-order valence-electron chi connectivity index (χ2n) is 7.90. The Labute approximate surface area is 173 Å². The van der Waals surface area contributed by atoms with Gasteiger partial charge in [-0.1, -0.05) is 23.3 Å². The fraction of sp³-hybridized carbons (Fsp3) is 0.364. The third-order valence-electron chi connectivity index (χ3n) is 5.86. The van der Waals surface area contributed by atoms with Gasteiger partial charge in [-0.2, -0.15) is 15.5 Å². The van der Waals surface area contributed by atoms with Crippen molar-refractivity contribution >= 4 is 26.7 Å². The number of hydrazone groups is 1. The average molecular weight is 405 g/mol. The molecule has 0 spiro atoms. The number of nitriles is 1. The first-order valence-corrected chi connectivity index (χ1v) is 10.3. The van der Waals surface area contributed by atoms with E-state index >= 15 is 0 Å². The Balaban J connectivity index is 1.51. The highest BCUT2D eigenvalue weighted by molar-refractivity contribution is 7.27. The quantitative estimate of drug-likeness (QED) is 0.579. The fourth-order valence-electron chi connectivity index (χ4n) is 4.16. The SMILES string of the molecule is CC1=C(Cn2ncc(C)c2C#N)CC1C(=O)N1N=CCC1c1cc(C)cc(P)c1. The van der Waals surface area contributed by atoms with Gasteiger partial charge in [0.05, 0.1) is 24.7 Å². The van der Waals surface area contributed by atoms with Crippen molar-refractivity contribution in [3.63, 3.8) is 0 Å². The van der Waals surface area contributed by atoms with Crippen LogP contribution in [-0.4, -0.2) is 26.9 Å². The van der Waals surface area contributed by atoms with Crippen LogP contribution in [0.4, 0.5) is 0 Å². The van der Waals surface area contributed by atoms with Crippen molar-refractivity contribution in [3.8, 4) is 6.07 Å². The highest BCUT2D eigenvalue weighted by Crippen LogP contribution is 2.40. The number of hydrogen-bond acceptors (Lipinski definition) is 4. The van der Waals surface area contributed by atoms with Gasteiger partial charge in [0.25, 0.3) is 5.91 Å². The van der Waals surface area contributed by atoms with Gasteiger partial charge >= 0.3 is 0 Å². The molecule has 3 atom stereocenters. The zero-order chi connectivity index (χ0) is 20.7. The monoisotopic (exact) mass is 405 g/mol. The number of aromatic nitrogens is 2. The summed E-state index contributed by atoms with van der Waals surface area (Å²) in [4.78, 5) is 13.2. The largest absolute Gasteiger partial charge is 0.272 e. The zero-order valence-electron chi connectivity index (χ0n) is 16.9. The van der Waals surface area contributed by atoms with Crippen LogP contribution >= 0.6 is 9.24 Å². The Morgan fingerprint density at radius 1 is 1.31 bits per heavy atom. The van der Waals surface area contributed by atoms with Crippen molar-refractivity contribution in [1.82, 2.24) is 14.8 Å². The summed E-state index contributed by atoms with van der Waals surface area (Å²) in [5.74, 6) is -0.0980. The van der Waals surface area contributed by atoms with E-state index in [4.69, 9.17) is 0 Å². The number of carbonyl (C=O) groups excluding carboxylic acids is 1. The first kappa shape index (κ1) is 19.5. The van der Waals surface area contributed by atoms with Gasteiger partial charge in [0.1, 0.15) is 11.8 Å². The molecule has 1 aliphatic carbocycles. The number of nitrogens with zero attached hydrogens (tertiary/aromatic N) is 5. The van der Waals surface area contributed by atoms with Crippen molar-refractivity contribution in [2.45, 2.75) is 46.2 Å². The molecule has 1 aliphatic heterocycles. The molecule has 0 N–H and O–H groups in total. The van der Waals surface area contributed by atoms with E-state index in [0.717, 1.165) is 28.4 Å². The zero-order valence-corrected chi connectivity index (χ0v) is 18.0. The van der Waals surface area contributed by atoms with Gasteiger partial charge in [-0.05, 0) is 49.7 Å². The Kier molecular flexibility index (Phi) is 5.10. The van der Waals surface area contributed by atoms with Crippen molar-refractivity contribution < 1.29 is 4.79 Å². The molecule has 0 saturated heterocycles. The van der Waals surface area contributed by atoms with Gasteiger partial charge in [0.2, 0.25) is 0 Å². The molecular weight excluding hydrogens is 381 g/mol. The van der Waals surface area contributed by atoms with Crippen molar-refractivity contribution in [2.75, 3.05) is 0 Å². The third kappa shape index (κ3) is 3.52. The van der Waals surface area contributed by atoms with Gasteiger partial charge in [0.15, 0.2) is 0 Å². The molecule has 29 heavy (non-hydrogen) atoms. The number of aryl methyl sites for hydroxylation is 2. The molecule has 3 unspecified atom stereocenters. The van der Waals surface area contributed by atoms with Crippen LogP contribution in [0.1, 0.15) is 48.2 Å². The molecule has 148 valence electrons. The third-order valence-corrected chi connectivity index (χ3v) is 6.19. The van der Waals surface area contributed by atoms with E-state index in [1.54, 1.807) is 15.9 Å². The minimum absolute atomic E-state index is 0.0440. The van der Waals surface area contributed by atoms with Crippen LogP contribution in [0.3, 0.4) is 0 Å². The molecule has 0 radical (unpaired) electrons. The second kappa shape index (κ2) is 7.57. The topological polar surface area (TPSA) is 74.3 Å². The van der Waals surface area contributed by atoms with Gasteiger partial charge < -0.3 is 0 Å². The number of carbonyl (C=O) groups is 1. The summed E-state index contributed by atoms with van der Waals surface area (Å²) in [5.41, 5.74) is 5.99. The first-order valence-electron chi connectivity index (χ1n) is 9.72. The van der Waals surface area contributed by atoms with Crippen LogP contribution in [0.15, 0.2) is 40.6 Å². The van der Waals surface area contributed by atoms with Gasteiger partial charge in [-0.25, -0.2) is 5.01 Å². The minimum Gasteiger partial charge on any atom is -0.272 e. The maximum Gasteiger partial charge on any atom is 0.250 e. The van der Waals surface area contributed by atoms with Crippen molar-refractivity contribution in [2.24, 2.45) is 11.0 Å². The van der Waals surface area contributed by atoms with E-state index in [2.05, 4.69) is 50.6 Å². The number of benzene rings is 1. The Morgan fingerprint density at radius 2 is 2.10 bits per heavy atom. The van der Waals surface area contributed by atoms with Gasteiger partial charge in [0, 0.05) is 18.2 Å². The highest BCUT2D eigenvalue weighted by Gasteiger charge is 2.39. The van der Waals surface area contributed by atoms with Crippen LogP contribution in [-0.2, 0) is 11.3 Å². The number of allylic oxidation sites excluding steroid dienone is 1. The smallest absolute Gasteiger partial charge is 0.250 e. The molecule has 2 aromatic rings. The van der Waals surface area contributed by atoms with E-state index in [9.17, 15) is 10.1 Å². The number of rotatable bonds is 4. The fourth-order valence-corrected chi connectivity index (χ4v) is 4.62. The van der Waals surface area contributed by atoms with E-state index in [-0.39, 0.29) is 17.9 Å². The summed E-state index contributed by atoms with van der Waals surface area (Å²) >= 11 is 0.